The number of rotatable bonds is 6. The molecule has 124 valence electrons. The van der Waals surface area contributed by atoms with Crippen LogP contribution >= 0.6 is 0 Å². The minimum Gasteiger partial charge on any atom is -0.393 e. The second-order valence-corrected chi connectivity index (χ2v) is 6.07. The second kappa shape index (κ2) is 7.42. The maximum atomic E-state index is 12.5. The van der Waals surface area contributed by atoms with Gasteiger partial charge >= 0.3 is 0 Å². The first kappa shape index (κ1) is 17.2. The average molecular weight is 315 g/mol. The predicted molar refractivity (Wildman–Crippen MR) is 90.5 cm³/mol. The lowest BCUT2D eigenvalue weighted by atomic mass is 9.93. The molecule has 0 saturated heterocycles. The lowest BCUT2D eigenvalue weighted by Crippen LogP contribution is -2.30. The summed E-state index contributed by atoms with van der Waals surface area (Å²) in [5.74, 6) is -0.0305. The summed E-state index contributed by atoms with van der Waals surface area (Å²) < 4.78 is 1.72. The molecule has 5 heteroatoms. The third kappa shape index (κ3) is 4.20. The maximum absolute atomic E-state index is 12.5. The van der Waals surface area contributed by atoms with Gasteiger partial charge in [0.2, 0.25) is 0 Å². The summed E-state index contributed by atoms with van der Waals surface area (Å²) in [6, 6.07) is 9.96. The number of aryl methyl sites for hydroxylation is 2. The smallest absolute Gasteiger partial charge is 0.255 e. The summed E-state index contributed by atoms with van der Waals surface area (Å²) in [5.41, 5.74) is 3.34. The van der Waals surface area contributed by atoms with Crippen LogP contribution in [0.2, 0.25) is 0 Å². The van der Waals surface area contributed by atoms with Crippen LogP contribution < -0.4 is 5.32 Å². The first-order chi connectivity index (χ1) is 10.9. The van der Waals surface area contributed by atoms with Crippen LogP contribution in [0.25, 0.3) is 0 Å². The average Bonchev–Trinajstić information content (AvgIpc) is 2.76. The normalized spacial score (nSPS) is 13.6. The molecule has 2 aromatic rings. The fraction of sp³-hybridized carbons (Fsp3) is 0.444. The van der Waals surface area contributed by atoms with Gasteiger partial charge in [-0.05, 0) is 32.8 Å². The summed E-state index contributed by atoms with van der Waals surface area (Å²) in [6.45, 7) is 5.99. The number of amides is 1. The molecule has 0 radical (unpaired) electrons. The van der Waals surface area contributed by atoms with Crippen molar-refractivity contribution in [2.75, 3.05) is 6.54 Å². The number of nitrogens with zero attached hydrogens (tertiary/aromatic N) is 2. The van der Waals surface area contributed by atoms with Crippen LogP contribution in [-0.4, -0.2) is 33.4 Å². The molecular formula is C18H25N3O2. The minimum absolute atomic E-state index is 0.0810. The summed E-state index contributed by atoms with van der Waals surface area (Å²) in [7, 11) is 1.83. The van der Waals surface area contributed by atoms with Crippen LogP contribution in [-0.2, 0) is 7.05 Å². The van der Waals surface area contributed by atoms with Crippen molar-refractivity contribution in [3.05, 3.63) is 52.8 Å². The Labute approximate surface area is 137 Å². The van der Waals surface area contributed by atoms with E-state index in [1.165, 1.54) is 0 Å². The van der Waals surface area contributed by atoms with Gasteiger partial charge in [0, 0.05) is 25.2 Å². The quantitative estimate of drug-likeness (QED) is 0.859. The molecule has 2 unspecified atom stereocenters. The minimum atomic E-state index is -0.418. The van der Waals surface area contributed by atoms with E-state index in [0.717, 1.165) is 17.0 Å². The number of benzene rings is 1. The van der Waals surface area contributed by atoms with E-state index < -0.39 is 6.10 Å². The monoisotopic (exact) mass is 315 g/mol. The molecule has 0 aliphatic rings. The molecule has 0 spiro atoms. The lowest BCUT2D eigenvalue weighted by molar-refractivity contribution is 0.0944. The second-order valence-electron chi connectivity index (χ2n) is 6.07. The molecule has 1 aromatic heterocycles. The third-order valence-electron chi connectivity index (χ3n) is 4.14. The highest BCUT2D eigenvalue weighted by Crippen LogP contribution is 2.21. The van der Waals surface area contributed by atoms with Gasteiger partial charge in [-0.25, -0.2) is 0 Å². The van der Waals surface area contributed by atoms with Crippen LogP contribution in [0.4, 0.5) is 0 Å². The molecule has 0 fully saturated rings. The van der Waals surface area contributed by atoms with Crippen LogP contribution in [0.1, 0.15) is 46.6 Å². The van der Waals surface area contributed by atoms with Crippen molar-refractivity contribution in [2.24, 2.45) is 7.05 Å². The third-order valence-corrected chi connectivity index (χ3v) is 4.14. The van der Waals surface area contributed by atoms with Gasteiger partial charge in [0.25, 0.3) is 5.91 Å². The Hall–Kier alpha value is -2.14. The van der Waals surface area contributed by atoms with Gasteiger partial charge < -0.3 is 10.4 Å². The van der Waals surface area contributed by atoms with E-state index in [2.05, 4.69) is 10.4 Å². The molecule has 23 heavy (non-hydrogen) atoms. The van der Waals surface area contributed by atoms with Crippen LogP contribution in [0.3, 0.4) is 0 Å². The van der Waals surface area contributed by atoms with E-state index in [4.69, 9.17) is 0 Å². The summed E-state index contributed by atoms with van der Waals surface area (Å²) in [6.07, 6.45) is 0.189. The van der Waals surface area contributed by atoms with E-state index in [1.807, 2.05) is 51.2 Å². The molecule has 5 nitrogen and oxygen atoms in total. The van der Waals surface area contributed by atoms with Crippen LogP contribution in [0, 0.1) is 13.8 Å². The molecule has 1 aromatic carbocycles. The van der Waals surface area contributed by atoms with Gasteiger partial charge in [0.05, 0.1) is 17.4 Å². The molecular weight excluding hydrogens is 290 g/mol. The highest BCUT2D eigenvalue weighted by Gasteiger charge is 2.20. The van der Waals surface area contributed by atoms with E-state index >= 15 is 0 Å². The van der Waals surface area contributed by atoms with E-state index in [0.29, 0.717) is 18.5 Å². The van der Waals surface area contributed by atoms with Crippen molar-refractivity contribution in [2.45, 2.75) is 39.2 Å². The van der Waals surface area contributed by atoms with Crippen molar-refractivity contribution in [1.29, 1.82) is 0 Å². The number of nitrogens with one attached hydrogen (secondary N) is 1. The zero-order valence-corrected chi connectivity index (χ0v) is 14.2. The summed E-state index contributed by atoms with van der Waals surface area (Å²) in [4.78, 5) is 12.5. The predicted octanol–water partition coefficient (Wildman–Crippen LogP) is 2.32. The van der Waals surface area contributed by atoms with Gasteiger partial charge in [0.1, 0.15) is 0 Å². The first-order valence-electron chi connectivity index (χ1n) is 7.91. The zero-order chi connectivity index (χ0) is 17.0. The van der Waals surface area contributed by atoms with Gasteiger partial charge in [-0.2, -0.15) is 5.10 Å². The van der Waals surface area contributed by atoms with E-state index in [9.17, 15) is 9.90 Å². The fourth-order valence-corrected chi connectivity index (χ4v) is 2.88. The number of hydrogen-bond acceptors (Lipinski definition) is 3. The molecule has 2 rings (SSSR count). The topological polar surface area (TPSA) is 67.2 Å². The SMILES string of the molecule is Cc1nn(C)c(C)c1C(=O)NCC(CC(C)O)c1ccccc1. The molecule has 1 amide bonds. The highest BCUT2D eigenvalue weighted by molar-refractivity contribution is 5.96. The number of aliphatic hydroxyl groups is 1. The van der Waals surface area contributed by atoms with Crippen molar-refractivity contribution < 1.29 is 9.90 Å². The molecule has 0 aliphatic carbocycles. The fourth-order valence-electron chi connectivity index (χ4n) is 2.88. The molecule has 1 heterocycles. The number of carbonyl (C=O) groups is 1. The number of aromatic nitrogens is 2. The Morgan fingerprint density at radius 1 is 1.30 bits per heavy atom. The molecule has 0 aliphatic heterocycles. The molecule has 2 atom stereocenters. The first-order valence-corrected chi connectivity index (χ1v) is 7.91. The number of aliphatic hydroxyl groups excluding tert-OH is 1. The Balaban J connectivity index is 2.10. The number of carbonyl (C=O) groups excluding carboxylic acids is 1. The van der Waals surface area contributed by atoms with Crippen LogP contribution in [0.5, 0.6) is 0 Å². The molecule has 0 saturated carbocycles. The van der Waals surface area contributed by atoms with Crippen molar-refractivity contribution in [3.63, 3.8) is 0 Å². The van der Waals surface area contributed by atoms with Crippen molar-refractivity contribution in [1.82, 2.24) is 15.1 Å². The van der Waals surface area contributed by atoms with E-state index in [-0.39, 0.29) is 11.8 Å². The highest BCUT2D eigenvalue weighted by atomic mass is 16.3. The van der Waals surface area contributed by atoms with Crippen molar-refractivity contribution in [3.8, 4) is 0 Å². The van der Waals surface area contributed by atoms with Crippen LogP contribution in [0.15, 0.2) is 30.3 Å². The Morgan fingerprint density at radius 2 is 1.96 bits per heavy atom. The Bertz CT molecular complexity index is 662. The number of hydrogen-bond donors (Lipinski definition) is 2. The van der Waals surface area contributed by atoms with Gasteiger partial charge in [-0.3, -0.25) is 9.48 Å². The summed E-state index contributed by atoms with van der Waals surface area (Å²) in [5, 5.41) is 17.0. The molecule has 2 N–H and O–H groups in total. The standard InChI is InChI=1S/C18H25N3O2/c1-12(22)10-16(15-8-6-5-7-9-15)11-19-18(23)17-13(2)20-21(4)14(17)3/h5-9,12,16,22H,10-11H2,1-4H3,(H,19,23). The largest absolute Gasteiger partial charge is 0.393 e. The molecule has 0 bridgehead atoms. The summed E-state index contributed by atoms with van der Waals surface area (Å²) >= 11 is 0. The van der Waals surface area contributed by atoms with Gasteiger partial charge in [-0.1, -0.05) is 30.3 Å². The van der Waals surface area contributed by atoms with Gasteiger partial charge in [0.15, 0.2) is 0 Å². The van der Waals surface area contributed by atoms with E-state index in [1.54, 1.807) is 11.6 Å². The van der Waals surface area contributed by atoms with Gasteiger partial charge in [-0.15, -0.1) is 0 Å². The zero-order valence-electron chi connectivity index (χ0n) is 14.2. The Kier molecular flexibility index (Phi) is 5.55. The van der Waals surface area contributed by atoms with Crippen molar-refractivity contribution >= 4 is 5.91 Å². The maximum Gasteiger partial charge on any atom is 0.255 e. The Morgan fingerprint density at radius 3 is 2.48 bits per heavy atom. The lowest BCUT2D eigenvalue weighted by Gasteiger charge is -2.19.